The molecule has 0 unspecified atom stereocenters. The fourth-order valence-corrected chi connectivity index (χ4v) is 1.00. The molecule has 0 saturated heterocycles. The Morgan fingerprint density at radius 3 is 2.33 bits per heavy atom. The van der Waals surface area contributed by atoms with Crippen molar-refractivity contribution in [2.75, 3.05) is 0 Å². The van der Waals surface area contributed by atoms with Crippen LogP contribution in [0.15, 0.2) is 16.9 Å². The number of hydrogen-bond donors (Lipinski definition) is 1. The molecule has 0 amide bonds. The standard InChI is InChI=1S/C9H12ClNO/c1-9(2,3)7-5-4-6(10)8(12)11-7/h4-5H,1-3H3,(H,11,12). The molecule has 12 heavy (non-hydrogen) atoms. The third kappa shape index (κ3) is 1.89. The molecular weight excluding hydrogens is 174 g/mol. The van der Waals surface area contributed by atoms with E-state index in [4.69, 9.17) is 11.6 Å². The maximum Gasteiger partial charge on any atom is 0.266 e. The summed E-state index contributed by atoms with van der Waals surface area (Å²) in [5, 5.41) is 0.239. The number of halogens is 1. The van der Waals surface area contributed by atoms with E-state index in [1.54, 1.807) is 6.07 Å². The van der Waals surface area contributed by atoms with Gasteiger partial charge in [0.05, 0.1) is 0 Å². The number of hydrogen-bond acceptors (Lipinski definition) is 1. The summed E-state index contributed by atoms with van der Waals surface area (Å²) in [5.74, 6) is 0. The van der Waals surface area contributed by atoms with Crippen molar-refractivity contribution in [1.29, 1.82) is 0 Å². The summed E-state index contributed by atoms with van der Waals surface area (Å²) in [6.45, 7) is 6.10. The molecular formula is C9H12ClNO. The highest BCUT2D eigenvalue weighted by Crippen LogP contribution is 2.18. The molecule has 1 rings (SSSR count). The second-order valence-electron chi connectivity index (χ2n) is 3.80. The van der Waals surface area contributed by atoms with E-state index in [0.717, 1.165) is 5.69 Å². The molecule has 1 aromatic rings. The number of aromatic amines is 1. The zero-order valence-corrected chi connectivity index (χ0v) is 8.20. The summed E-state index contributed by atoms with van der Waals surface area (Å²) in [4.78, 5) is 13.8. The van der Waals surface area contributed by atoms with Crippen molar-refractivity contribution in [3.63, 3.8) is 0 Å². The van der Waals surface area contributed by atoms with Crippen molar-refractivity contribution in [3.8, 4) is 0 Å². The maximum absolute atomic E-state index is 11.1. The third-order valence-electron chi connectivity index (χ3n) is 1.67. The van der Waals surface area contributed by atoms with Crippen LogP contribution in [0.3, 0.4) is 0 Å². The van der Waals surface area contributed by atoms with E-state index in [2.05, 4.69) is 4.98 Å². The first-order chi connectivity index (χ1) is 5.41. The van der Waals surface area contributed by atoms with Crippen molar-refractivity contribution in [1.82, 2.24) is 4.98 Å². The monoisotopic (exact) mass is 185 g/mol. The first-order valence-electron chi connectivity index (χ1n) is 3.80. The molecule has 1 aromatic heterocycles. The number of H-pyrrole nitrogens is 1. The Bertz CT molecular complexity index is 335. The largest absolute Gasteiger partial charge is 0.324 e. The van der Waals surface area contributed by atoms with Crippen LogP contribution in [0.25, 0.3) is 0 Å². The lowest BCUT2D eigenvalue weighted by molar-refractivity contribution is 0.567. The SMILES string of the molecule is CC(C)(C)c1ccc(Cl)c(=O)[nH]1. The smallest absolute Gasteiger partial charge is 0.266 e. The zero-order chi connectivity index (χ0) is 9.35. The van der Waals surface area contributed by atoms with Crippen molar-refractivity contribution < 1.29 is 0 Å². The molecule has 0 aromatic carbocycles. The minimum atomic E-state index is -0.218. The Morgan fingerprint density at radius 1 is 1.33 bits per heavy atom. The van der Waals surface area contributed by atoms with Crippen LogP contribution in [-0.4, -0.2) is 4.98 Å². The molecule has 0 saturated carbocycles. The Kier molecular flexibility index (Phi) is 2.29. The summed E-state index contributed by atoms with van der Waals surface area (Å²) >= 11 is 5.59. The lowest BCUT2D eigenvalue weighted by Crippen LogP contribution is -2.19. The molecule has 0 aliphatic rings. The van der Waals surface area contributed by atoms with E-state index in [9.17, 15) is 4.79 Å². The van der Waals surface area contributed by atoms with Crippen molar-refractivity contribution in [2.24, 2.45) is 0 Å². The van der Waals surface area contributed by atoms with Gasteiger partial charge in [-0.15, -0.1) is 0 Å². The average Bonchev–Trinajstić information content (AvgIpc) is 1.92. The maximum atomic E-state index is 11.1. The van der Waals surface area contributed by atoms with Crippen molar-refractivity contribution in [3.05, 3.63) is 33.2 Å². The van der Waals surface area contributed by atoms with Gasteiger partial charge < -0.3 is 4.98 Å². The van der Waals surface area contributed by atoms with Crippen molar-refractivity contribution in [2.45, 2.75) is 26.2 Å². The Labute approximate surface area is 76.6 Å². The average molecular weight is 186 g/mol. The molecule has 0 spiro atoms. The van der Waals surface area contributed by atoms with E-state index in [0.29, 0.717) is 0 Å². The normalized spacial score (nSPS) is 11.7. The molecule has 0 radical (unpaired) electrons. The van der Waals surface area contributed by atoms with Gasteiger partial charge in [-0.2, -0.15) is 0 Å². The first-order valence-corrected chi connectivity index (χ1v) is 4.18. The van der Waals surface area contributed by atoms with Gasteiger partial charge in [0.15, 0.2) is 0 Å². The predicted molar refractivity (Wildman–Crippen MR) is 50.8 cm³/mol. The molecule has 1 N–H and O–H groups in total. The number of aromatic nitrogens is 1. The van der Waals surface area contributed by atoms with Gasteiger partial charge >= 0.3 is 0 Å². The van der Waals surface area contributed by atoms with Crippen LogP contribution in [0, 0.1) is 0 Å². The van der Waals surface area contributed by atoms with Gasteiger partial charge in [-0.05, 0) is 12.1 Å². The topological polar surface area (TPSA) is 32.9 Å². The summed E-state index contributed by atoms with van der Waals surface area (Å²) in [5.41, 5.74) is 0.644. The third-order valence-corrected chi connectivity index (χ3v) is 1.97. The molecule has 0 atom stereocenters. The van der Waals surface area contributed by atoms with Crippen LogP contribution in [0.1, 0.15) is 26.5 Å². The van der Waals surface area contributed by atoms with Gasteiger partial charge in [-0.3, -0.25) is 4.79 Å². The molecule has 0 fully saturated rings. The summed E-state index contributed by atoms with van der Waals surface area (Å²) in [6, 6.07) is 3.46. The van der Waals surface area contributed by atoms with Gasteiger partial charge in [0.1, 0.15) is 5.02 Å². The van der Waals surface area contributed by atoms with E-state index >= 15 is 0 Å². The van der Waals surface area contributed by atoms with Crippen LogP contribution < -0.4 is 5.56 Å². The quantitative estimate of drug-likeness (QED) is 0.661. The highest BCUT2D eigenvalue weighted by atomic mass is 35.5. The van der Waals surface area contributed by atoms with E-state index in [-0.39, 0.29) is 16.0 Å². The molecule has 1 heterocycles. The summed E-state index contributed by atoms with van der Waals surface area (Å²) < 4.78 is 0. The number of rotatable bonds is 0. The molecule has 66 valence electrons. The van der Waals surface area contributed by atoms with Gasteiger partial charge in [0, 0.05) is 11.1 Å². The first kappa shape index (κ1) is 9.33. The molecule has 3 heteroatoms. The fraction of sp³-hybridized carbons (Fsp3) is 0.444. The van der Waals surface area contributed by atoms with Gasteiger partial charge in [-0.25, -0.2) is 0 Å². The van der Waals surface area contributed by atoms with E-state index in [1.165, 1.54) is 0 Å². The molecule has 0 aliphatic heterocycles. The highest BCUT2D eigenvalue weighted by molar-refractivity contribution is 6.30. The van der Waals surface area contributed by atoms with Crippen LogP contribution in [0.5, 0.6) is 0 Å². The second-order valence-corrected chi connectivity index (χ2v) is 4.21. The van der Waals surface area contributed by atoms with Crippen LogP contribution in [-0.2, 0) is 5.41 Å². The lowest BCUT2D eigenvalue weighted by atomic mass is 9.92. The molecule has 0 aliphatic carbocycles. The summed E-state index contributed by atoms with van der Waals surface area (Å²) in [6.07, 6.45) is 0. The number of pyridine rings is 1. The zero-order valence-electron chi connectivity index (χ0n) is 7.44. The Hall–Kier alpha value is -0.760. The van der Waals surface area contributed by atoms with Crippen LogP contribution >= 0.6 is 11.6 Å². The second kappa shape index (κ2) is 2.94. The summed E-state index contributed by atoms with van der Waals surface area (Å²) in [7, 11) is 0. The number of nitrogens with one attached hydrogen (secondary N) is 1. The molecule has 2 nitrogen and oxygen atoms in total. The van der Waals surface area contributed by atoms with Crippen LogP contribution in [0.4, 0.5) is 0 Å². The van der Waals surface area contributed by atoms with Gasteiger partial charge in [0.2, 0.25) is 0 Å². The minimum Gasteiger partial charge on any atom is -0.324 e. The Balaban J connectivity index is 3.23. The van der Waals surface area contributed by atoms with Crippen molar-refractivity contribution >= 4 is 11.6 Å². The fourth-order valence-electron chi connectivity index (χ4n) is 0.893. The Morgan fingerprint density at radius 2 is 1.92 bits per heavy atom. The minimum absolute atomic E-state index is 0.0379. The highest BCUT2D eigenvalue weighted by Gasteiger charge is 2.14. The van der Waals surface area contributed by atoms with Gasteiger partial charge in [-0.1, -0.05) is 32.4 Å². The lowest BCUT2D eigenvalue weighted by Gasteiger charge is -2.17. The van der Waals surface area contributed by atoms with E-state index in [1.807, 2.05) is 26.8 Å². The van der Waals surface area contributed by atoms with E-state index < -0.39 is 0 Å². The van der Waals surface area contributed by atoms with Crippen LogP contribution in [0.2, 0.25) is 5.02 Å². The van der Waals surface area contributed by atoms with Gasteiger partial charge in [0.25, 0.3) is 5.56 Å². The predicted octanol–water partition coefficient (Wildman–Crippen LogP) is 2.33. The molecule has 0 bridgehead atoms.